The summed E-state index contributed by atoms with van der Waals surface area (Å²) in [5.74, 6) is 0.438. The van der Waals surface area contributed by atoms with E-state index in [0.29, 0.717) is 30.8 Å². The Balaban J connectivity index is 1.74. The maximum atomic E-state index is 12.0. The summed E-state index contributed by atoms with van der Waals surface area (Å²) in [5, 5.41) is 15.2. The van der Waals surface area contributed by atoms with Gasteiger partial charge in [0.25, 0.3) is 0 Å². The zero-order valence-electron chi connectivity index (χ0n) is 14.2. The third-order valence-corrected chi connectivity index (χ3v) is 4.87. The number of carbonyl (C=O) groups excluding carboxylic acids is 1. The third-order valence-electron chi connectivity index (χ3n) is 4.87. The van der Waals surface area contributed by atoms with Crippen LogP contribution in [0.3, 0.4) is 0 Å². The fourth-order valence-corrected chi connectivity index (χ4v) is 3.19. The molecule has 1 aliphatic rings. The highest BCUT2D eigenvalue weighted by Gasteiger charge is 2.54. The van der Waals surface area contributed by atoms with E-state index in [0.717, 1.165) is 5.56 Å². The quantitative estimate of drug-likeness (QED) is 0.712. The van der Waals surface area contributed by atoms with Gasteiger partial charge in [0.15, 0.2) is 5.82 Å². The fourth-order valence-electron chi connectivity index (χ4n) is 3.19. The number of aliphatic hydroxyl groups is 1. The standard InChI is InChI=1S/C20H20N4O2/c21-18(26)20(11-12-20)19-22-17(16(25)15-9-5-2-6-10-15)23-24(19)13-14-7-3-1-4-8-14/h1-10,16,25H,11-13H2,(H2,21,26)/t16-/m0/s1. The molecule has 0 spiro atoms. The molecule has 0 radical (unpaired) electrons. The van der Waals surface area contributed by atoms with Crippen molar-refractivity contribution in [1.82, 2.24) is 14.8 Å². The van der Waals surface area contributed by atoms with Gasteiger partial charge in [-0.05, 0) is 24.0 Å². The first-order valence-electron chi connectivity index (χ1n) is 8.62. The number of nitrogens with zero attached hydrogens (tertiary/aromatic N) is 3. The second-order valence-electron chi connectivity index (χ2n) is 6.70. The summed E-state index contributed by atoms with van der Waals surface area (Å²) in [6, 6.07) is 19.1. The summed E-state index contributed by atoms with van der Waals surface area (Å²) >= 11 is 0. The molecule has 6 nitrogen and oxygen atoms in total. The van der Waals surface area contributed by atoms with Crippen LogP contribution >= 0.6 is 0 Å². The first-order valence-corrected chi connectivity index (χ1v) is 8.62. The molecular weight excluding hydrogens is 328 g/mol. The van der Waals surface area contributed by atoms with Crippen molar-refractivity contribution >= 4 is 5.91 Å². The van der Waals surface area contributed by atoms with Gasteiger partial charge in [0, 0.05) is 0 Å². The zero-order chi connectivity index (χ0) is 18.1. The van der Waals surface area contributed by atoms with Gasteiger partial charge in [0.2, 0.25) is 5.91 Å². The Labute approximate surface area is 151 Å². The molecule has 1 amide bonds. The van der Waals surface area contributed by atoms with Gasteiger partial charge in [0.1, 0.15) is 17.3 Å². The number of aromatic nitrogens is 3. The molecule has 4 rings (SSSR count). The van der Waals surface area contributed by atoms with Crippen molar-refractivity contribution in [2.75, 3.05) is 0 Å². The Morgan fingerprint density at radius 3 is 2.31 bits per heavy atom. The fraction of sp³-hybridized carbons (Fsp3) is 0.250. The summed E-state index contributed by atoms with van der Waals surface area (Å²) in [7, 11) is 0. The Morgan fingerprint density at radius 2 is 1.73 bits per heavy atom. The molecule has 26 heavy (non-hydrogen) atoms. The van der Waals surface area contributed by atoms with Crippen molar-refractivity contribution in [3.05, 3.63) is 83.4 Å². The number of benzene rings is 2. The highest BCUT2D eigenvalue weighted by molar-refractivity contribution is 5.88. The SMILES string of the molecule is NC(=O)C1(c2nc([C@@H](O)c3ccccc3)nn2Cc2ccccc2)CC1. The van der Waals surface area contributed by atoms with E-state index in [2.05, 4.69) is 10.1 Å². The first-order chi connectivity index (χ1) is 12.6. The second kappa shape index (κ2) is 6.38. The normalized spacial score (nSPS) is 16.2. The average molecular weight is 348 g/mol. The molecular formula is C20H20N4O2. The van der Waals surface area contributed by atoms with Gasteiger partial charge in [-0.1, -0.05) is 60.7 Å². The number of aliphatic hydroxyl groups excluding tert-OH is 1. The van der Waals surface area contributed by atoms with E-state index in [1.807, 2.05) is 60.7 Å². The molecule has 1 aliphatic carbocycles. The summed E-state index contributed by atoms with van der Waals surface area (Å²) in [6.07, 6.45) is 0.378. The summed E-state index contributed by atoms with van der Waals surface area (Å²) in [6.45, 7) is 0.472. The number of carbonyl (C=O) groups is 1. The van der Waals surface area contributed by atoms with Gasteiger partial charge >= 0.3 is 0 Å². The maximum Gasteiger partial charge on any atom is 0.231 e. The number of primary amides is 1. The Morgan fingerprint density at radius 1 is 1.12 bits per heavy atom. The minimum Gasteiger partial charge on any atom is -0.380 e. The van der Waals surface area contributed by atoms with E-state index >= 15 is 0 Å². The molecule has 1 aromatic heterocycles. The number of hydrogen-bond acceptors (Lipinski definition) is 4. The van der Waals surface area contributed by atoms with Crippen molar-refractivity contribution in [1.29, 1.82) is 0 Å². The molecule has 0 bridgehead atoms. The van der Waals surface area contributed by atoms with E-state index in [1.165, 1.54) is 0 Å². The predicted molar refractivity (Wildman–Crippen MR) is 96.2 cm³/mol. The monoisotopic (exact) mass is 348 g/mol. The lowest BCUT2D eigenvalue weighted by Gasteiger charge is -2.12. The summed E-state index contributed by atoms with van der Waals surface area (Å²) in [5.41, 5.74) is 6.62. The molecule has 1 atom stereocenters. The van der Waals surface area contributed by atoms with Gasteiger partial charge in [-0.3, -0.25) is 4.79 Å². The van der Waals surface area contributed by atoms with Gasteiger partial charge in [0.05, 0.1) is 6.54 Å². The molecule has 1 saturated carbocycles. The van der Waals surface area contributed by atoms with Gasteiger partial charge in [-0.25, -0.2) is 9.67 Å². The van der Waals surface area contributed by atoms with E-state index in [1.54, 1.807) is 4.68 Å². The molecule has 1 heterocycles. The molecule has 1 fully saturated rings. The largest absolute Gasteiger partial charge is 0.380 e. The molecule has 3 aromatic rings. The Kier molecular flexibility index (Phi) is 4.05. The Hall–Kier alpha value is -2.99. The van der Waals surface area contributed by atoms with Crippen LogP contribution in [0.15, 0.2) is 60.7 Å². The van der Waals surface area contributed by atoms with Crippen LogP contribution in [0.2, 0.25) is 0 Å². The van der Waals surface area contributed by atoms with Crippen LogP contribution < -0.4 is 5.73 Å². The Bertz CT molecular complexity index is 917. The topological polar surface area (TPSA) is 94.0 Å². The number of hydrogen-bond donors (Lipinski definition) is 2. The average Bonchev–Trinajstić information content (AvgIpc) is 3.38. The molecule has 132 valence electrons. The van der Waals surface area contributed by atoms with Crippen LogP contribution in [0.4, 0.5) is 0 Å². The van der Waals surface area contributed by atoms with E-state index < -0.39 is 11.5 Å². The number of nitrogens with two attached hydrogens (primary N) is 1. The summed E-state index contributed by atoms with van der Waals surface area (Å²) < 4.78 is 1.70. The zero-order valence-corrected chi connectivity index (χ0v) is 14.2. The predicted octanol–water partition coefficient (Wildman–Crippen LogP) is 1.92. The molecule has 3 N–H and O–H groups in total. The van der Waals surface area contributed by atoms with Crippen molar-refractivity contribution < 1.29 is 9.90 Å². The first kappa shape index (κ1) is 16.5. The van der Waals surface area contributed by atoms with Crippen LogP contribution in [0, 0.1) is 0 Å². The minimum atomic E-state index is -0.948. The smallest absolute Gasteiger partial charge is 0.231 e. The van der Waals surface area contributed by atoms with Crippen LogP contribution in [0.5, 0.6) is 0 Å². The van der Waals surface area contributed by atoms with Crippen molar-refractivity contribution in [3.8, 4) is 0 Å². The molecule has 0 aliphatic heterocycles. The van der Waals surface area contributed by atoms with Gasteiger partial charge in [-0.15, -0.1) is 0 Å². The van der Waals surface area contributed by atoms with Gasteiger partial charge < -0.3 is 10.8 Å². The van der Waals surface area contributed by atoms with E-state index in [-0.39, 0.29) is 11.7 Å². The van der Waals surface area contributed by atoms with Crippen LogP contribution in [0.1, 0.15) is 41.7 Å². The van der Waals surface area contributed by atoms with Crippen molar-refractivity contribution in [2.24, 2.45) is 5.73 Å². The van der Waals surface area contributed by atoms with Crippen molar-refractivity contribution in [2.45, 2.75) is 30.9 Å². The summed E-state index contributed by atoms with van der Waals surface area (Å²) in [4.78, 5) is 16.6. The second-order valence-corrected chi connectivity index (χ2v) is 6.70. The van der Waals surface area contributed by atoms with Gasteiger partial charge in [-0.2, -0.15) is 5.10 Å². The lowest BCUT2D eigenvalue weighted by Crippen LogP contribution is -2.31. The van der Waals surface area contributed by atoms with E-state index in [4.69, 9.17) is 5.73 Å². The molecule has 2 aromatic carbocycles. The van der Waals surface area contributed by atoms with Crippen LogP contribution in [-0.2, 0) is 16.8 Å². The van der Waals surface area contributed by atoms with E-state index in [9.17, 15) is 9.90 Å². The lowest BCUT2D eigenvalue weighted by molar-refractivity contribution is -0.120. The lowest BCUT2D eigenvalue weighted by atomic mass is 10.1. The third kappa shape index (κ3) is 2.88. The van der Waals surface area contributed by atoms with Crippen molar-refractivity contribution in [3.63, 3.8) is 0 Å². The minimum absolute atomic E-state index is 0.287. The van der Waals surface area contributed by atoms with Crippen LogP contribution in [0.25, 0.3) is 0 Å². The number of rotatable bonds is 6. The van der Waals surface area contributed by atoms with Crippen LogP contribution in [-0.4, -0.2) is 25.8 Å². The maximum absolute atomic E-state index is 12.0. The molecule has 6 heteroatoms. The highest BCUT2D eigenvalue weighted by Crippen LogP contribution is 2.47. The molecule has 0 saturated heterocycles. The molecule has 0 unspecified atom stereocenters. The highest BCUT2D eigenvalue weighted by atomic mass is 16.3. The number of amides is 1.